The van der Waals surface area contributed by atoms with Gasteiger partial charge in [0.25, 0.3) is 5.56 Å². The van der Waals surface area contributed by atoms with Crippen molar-refractivity contribution < 1.29 is 4.39 Å². The average molecular weight is 425 g/mol. The normalized spacial score (nSPS) is 15.4. The number of aryl methyl sites for hydroxylation is 2. The van der Waals surface area contributed by atoms with Crippen LogP contribution in [0.3, 0.4) is 0 Å². The molecule has 0 amide bonds. The van der Waals surface area contributed by atoms with Crippen molar-refractivity contribution in [3.05, 3.63) is 62.8 Å². The van der Waals surface area contributed by atoms with Crippen molar-refractivity contribution in [3.63, 3.8) is 0 Å². The predicted octanol–water partition coefficient (Wildman–Crippen LogP) is 0.946. The summed E-state index contributed by atoms with van der Waals surface area (Å²) >= 11 is 0. The molecule has 1 saturated heterocycles. The summed E-state index contributed by atoms with van der Waals surface area (Å²) in [5, 5.41) is 0. The first-order chi connectivity index (χ1) is 14.9. The van der Waals surface area contributed by atoms with E-state index in [-0.39, 0.29) is 5.82 Å². The van der Waals surface area contributed by atoms with Crippen LogP contribution in [0.4, 0.5) is 10.1 Å². The number of para-hydroxylation sites is 1. The lowest BCUT2D eigenvalue weighted by Gasteiger charge is -2.36. The first kappa shape index (κ1) is 19.6. The van der Waals surface area contributed by atoms with Crippen molar-refractivity contribution in [3.8, 4) is 0 Å². The molecular weight excluding hydrogens is 401 g/mol. The monoisotopic (exact) mass is 425 g/mol. The fourth-order valence-corrected chi connectivity index (χ4v) is 4.36. The minimum atomic E-state index is -0.478. The van der Waals surface area contributed by atoms with Crippen molar-refractivity contribution >= 4 is 22.6 Å². The molecule has 0 aliphatic carbocycles. The molecule has 1 aliphatic heterocycles. The smallest absolute Gasteiger partial charge is 0.329 e. The summed E-state index contributed by atoms with van der Waals surface area (Å²) in [4.78, 5) is 35.6. The third-order valence-electron chi connectivity index (χ3n) is 6.12. The number of benzene rings is 1. The summed E-state index contributed by atoms with van der Waals surface area (Å²) in [7, 11) is 1.60. The van der Waals surface area contributed by atoms with Gasteiger partial charge in [0.2, 0.25) is 5.78 Å². The van der Waals surface area contributed by atoms with Gasteiger partial charge in [-0.25, -0.2) is 9.18 Å². The van der Waals surface area contributed by atoms with Crippen LogP contribution < -0.4 is 16.1 Å². The first-order valence-electron chi connectivity index (χ1n) is 10.3. The number of hydrogen-bond acceptors (Lipinski definition) is 5. The van der Waals surface area contributed by atoms with E-state index < -0.39 is 11.2 Å². The Labute approximate surface area is 176 Å². The van der Waals surface area contributed by atoms with Crippen LogP contribution in [-0.2, 0) is 13.6 Å². The summed E-state index contributed by atoms with van der Waals surface area (Å²) < 4.78 is 19.2. The van der Waals surface area contributed by atoms with Crippen molar-refractivity contribution in [1.82, 2.24) is 28.4 Å². The molecule has 10 heteroatoms. The van der Waals surface area contributed by atoms with Crippen LogP contribution in [0.1, 0.15) is 5.69 Å². The van der Waals surface area contributed by atoms with Gasteiger partial charge in [0.1, 0.15) is 5.82 Å². The number of piperazine rings is 1. The number of nitrogens with zero attached hydrogens (tertiary/aromatic N) is 6. The van der Waals surface area contributed by atoms with Crippen molar-refractivity contribution in [1.29, 1.82) is 0 Å². The molecule has 0 bridgehead atoms. The quantitative estimate of drug-likeness (QED) is 0.526. The lowest BCUT2D eigenvalue weighted by Crippen LogP contribution is -2.47. The second-order valence-corrected chi connectivity index (χ2v) is 7.97. The molecule has 1 N–H and O–H groups in total. The molecule has 162 valence electrons. The Balaban J connectivity index is 1.34. The van der Waals surface area contributed by atoms with Crippen LogP contribution in [0.2, 0.25) is 0 Å². The Hall–Kier alpha value is -3.40. The third-order valence-corrected chi connectivity index (χ3v) is 6.12. The molecule has 1 aromatic carbocycles. The van der Waals surface area contributed by atoms with Gasteiger partial charge >= 0.3 is 5.69 Å². The summed E-state index contributed by atoms with van der Waals surface area (Å²) in [6.07, 6.45) is 1.88. The molecule has 3 aromatic heterocycles. The van der Waals surface area contributed by atoms with Crippen molar-refractivity contribution in [2.24, 2.45) is 7.05 Å². The molecular formula is C21H24FN7O2. The Morgan fingerprint density at radius 3 is 2.58 bits per heavy atom. The highest BCUT2D eigenvalue weighted by molar-refractivity contribution is 5.75. The van der Waals surface area contributed by atoms with E-state index in [1.807, 2.05) is 25.3 Å². The molecule has 31 heavy (non-hydrogen) atoms. The molecule has 0 saturated carbocycles. The SMILES string of the molecule is Cc1cn2c3c(=O)[nH]c(=O)n(C)c3nc2n1CCN1CCN(c2ccccc2F)CC1. The highest BCUT2D eigenvalue weighted by Crippen LogP contribution is 2.20. The van der Waals surface area contributed by atoms with Crippen LogP contribution in [0.15, 0.2) is 40.1 Å². The molecule has 0 unspecified atom stereocenters. The van der Waals surface area contributed by atoms with E-state index in [2.05, 4.69) is 24.3 Å². The molecule has 9 nitrogen and oxygen atoms in total. The molecule has 0 radical (unpaired) electrons. The van der Waals surface area contributed by atoms with Crippen LogP contribution in [0.25, 0.3) is 16.9 Å². The summed E-state index contributed by atoms with van der Waals surface area (Å²) in [6.45, 7) is 6.72. The van der Waals surface area contributed by atoms with E-state index in [4.69, 9.17) is 0 Å². The third kappa shape index (κ3) is 3.23. The lowest BCUT2D eigenvalue weighted by molar-refractivity contribution is 0.248. The fourth-order valence-electron chi connectivity index (χ4n) is 4.36. The second kappa shape index (κ2) is 7.38. The highest BCUT2D eigenvalue weighted by Gasteiger charge is 2.21. The number of imidazole rings is 2. The largest absolute Gasteiger partial charge is 0.367 e. The summed E-state index contributed by atoms with van der Waals surface area (Å²) in [6, 6.07) is 6.89. The zero-order valence-corrected chi connectivity index (χ0v) is 17.5. The lowest BCUT2D eigenvalue weighted by atomic mass is 10.2. The van der Waals surface area contributed by atoms with E-state index in [9.17, 15) is 14.0 Å². The molecule has 0 atom stereocenters. The van der Waals surface area contributed by atoms with Gasteiger partial charge in [0, 0.05) is 58.2 Å². The first-order valence-corrected chi connectivity index (χ1v) is 10.3. The molecule has 0 spiro atoms. The fraction of sp³-hybridized carbons (Fsp3) is 0.381. The van der Waals surface area contributed by atoms with E-state index in [1.165, 1.54) is 10.6 Å². The number of hydrogen-bond donors (Lipinski definition) is 1. The van der Waals surface area contributed by atoms with Crippen LogP contribution in [-0.4, -0.2) is 61.1 Å². The van der Waals surface area contributed by atoms with Gasteiger partial charge in [-0.1, -0.05) is 12.1 Å². The zero-order chi connectivity index (χ0) is 21.7. The minimum absolute atomic E-state index is 0.183. The van der Waals surface area contributed by atoms with Crippen molar-refractivity contribution in [2.75, 3.05) is 37.6 Å². The van der Waals surface area contributed by atoms with Gasteiger partial charge in [-0.15, -0.1) is 0 Å². The van der Waals surface area contributed by atoms with Crippen molar-refractivity contribution in [2.45, 2.75) is 13.5 Å². The van der Waals surface area contributed by atoms with Gasteiger partial charge < -0.3 is 9.47 Å². The number of aromatic nitrogens is 5. The molecule has 4 aromatic rings. The summed E-state index contributed by atoms with van der Waals surface area (Å²) in [5.41, 5.74) is 1.47. The highest BCUT2D eigenvalue weighted by atomic mass is 19.1. The van der Waals surface area contributed by atoms with Gasteiger partial charge in [-0.3, -0.25) is 23.6 Å². The molecule has 1 aliphatic rings. The number of H-pyrrole nitrogens is 1. The molecule has 4 heterocycles. The van der Waals surface area contributed by atoms with E-state index in [0.717, 1.165) is 38.4 Å². The topological polar surface area (TPSA) is 83.6 Å². The van der Waals surface area contributed by atoms with Gasteiger partial charge in [-0.05, 0) is 19.1 Å². The van der Waals surface area contributed by atoms with Gasteiger partial charge in [-0.2, -0.15) is 4.98 Å². The standard InChI is InChI=1S/C21H24FN7O2/c1-14-13-29-17-18(25(2)21(31)24-19(17)30)23-20(29)28(14)12-9-26-7-10-27(11-8-26)16-6-4-3-5-15(16)22/h3-6,13H,7-12H2,1-2H3,(H,24,30,31). The minimum Gasteiger partial charge on any atom is -0.367 e. The Bertz CT molecular complexity index is 1390. The number of halogens is 1. The van der Waals surface area contributed by atoms with Gasteiger partial charge in [0.05, 0.1) is 5.69 Å². The maximum Gasteiger partial charge on any atom is 0.329 e. The number of nitrogens with one attached hydrogen (secondary N) is 1. The number of aromatic amines is 1. The molecule has 1 fully saturated rings. The van der Waals surface area contributed by atoms with Gasteiger partial charge in [0.15, 0.2) is 11.2 Å². The van der Waals surface area contributed by atoms with Crippen LogP contribution in [0.5, 0.6) is 0 Å². The molecule has 5 rings (SSSR count). The number of anilines is 1. The Kier molecular flexibility index (Phi) is 4.66. The number of fused-ring (bicyclic) bond motifs is 3. The maximum absolute atomic E-state index is 14.1. The number of rotatable bonds is 4. The maximum atomic E-state index is 14.1. The Morgan fingerprint density at radius 2 is 1.84 bits per heavy atom. The zero-order valence-electron chi connectivity index (χ0n) is 17.5. The van der Waals surface area contributed by atoms with Crippen LogP contribution >= 0.6 is 0 Å². The Morgan fingerprint density at radius 1 is 1.10 bits per heavy atom. The van der Waals surface area contributed by atoms with E-state index in [0.29, 0.717) is 29.2 Å². The second-order valence-electron chi connectivity index (χ2n) is 7.97. The predicted molar refractivity (Wildman–Crippen MR) is 116 cm³/mol. The van der Waals surface area contributed by atoms with E-state index in [1.54, 1.807) is 17.5 Å². The van der Waals surface area contributed by atoms with Crippen LogP contribution in [0, 0.1) is 12.7 Å². The van der Waals surface area contributed by atoms with E-state index >= 15 is 0 Å². The average Bonchev–Trinajstić information content (AvgIpc) is 3.26. The summed E-state index contributed by atoms with van der Waals surface area (Å²) in [5.74, 6) is 0.460.